The van der Waals surface area contributed by atoms with Crippen LogP contribution in [-0.4, -0.2) is 16.7 Å². The lowest BCUT2D eigenvalue weighted by Gasteiger charge is -1.96. The molecule has 1 N–H and O–H groups in total. The van der Waals surface area contributed by atoms with E-state index in [2.05, 4.69) is 49.8 Å². The second-order valence-corrected chi connectivity index (χ2v) is 6.67. The van der Waals surface area contributed by atoms with Crippen LogP contribution in [0.4, 0.5) is 0 Å². The van der Waals surface area contributed by atoms with Crippen LogP contribution in [0.5, 0.6) is 0 Å². The third-order valence-electron chi connectivity index (χ3n) is 1.98. The predicted molar refractivity (Wildman–Crippen MR) is 72.9 cm³/mol. The number of hydrogen-bond acceptors (Lipinski definition) is 5. The van der Waals surface area contributed by atoms with Crippen molar-refractivity contribution in [1.29, 1.82) is 0 Å². The van der Waals surface area contributed by atoms with Crippen molar-refractivity contribution in [2.24, 2.45) is 0 Å². The van der Waals surface area contributed by atoms with Crippen molar-refractivity contribution >= 4 is 38.6 Å². The summed E-state index contributed by atoms with van der Waals surface area (Å²) < 4.78 is 1.13. The molecule has 2 heterocycles. The highest BCUT2D eigenvalue weighted by Crippen LogP contribution is 2.30. The van der Waals surface area contributed by atoms with Crippen LogP contribution in [0.3, 0.4) is 0 Å². The Labute approximate surface area is 111 Å². The summed E-state index contributed by atoms with van der Waals surface area (Å²) in [6.07, 6.45) is 1.14. The zero-order chi connectivity index (χ0) is 11.4. The van der Waals surface area contributed by atoms with E-state index in [0.717, 1.165) is 38.9 Å². The number of thiophene rings is 1. The minimum Gasteiger partial charge on any atom is -0.310 e. The Kier molecular flexibility index (Phi) is 4.45. The Morgan fingerprint density at radius 3 is 3.00 bits per heavy atom. The molecule has 6 heteroatoms. The lowest BCUT2D eigenvalue weighted by atomic mass is 10.4. The van der Waals surface area contributed by atoms with Gasteiger partial charge < -0.3 is 5.32 Å². The van der Waals surface area contributed by atoms with E-state index in [1.54, 1.807) is 22.7 Å². The quantitative estimate of drug-likeness (QED) is 0.857. The Morgan fingerprint density at radius 1 is 1.44 bits per heavy atom. The predicted octanol–water partition coefficient (Wildman–Crippen LogP) is 3.53. The summed E-state index contributed by atoms with van der Waals surface area (Å²) in [6.45, 7) is 4.00. The summed E-state index contributed by atoms with van der Waals surface area (Å²) in [5.74, 6) is 0. The highest BCUT2D eigenvalue weighted by atomic mass is 79.9. The lowest BCUT2D eigenvalue weighted by molar-refractivity contribution is 0.668. The summed E-state index contributed by atoms with van der Waals surface area (Å²) in [6, 6.07) is 2.08. The van der Waals surface area contributed by atoms with Gasteiger partial charge in [0.1, 0.15) is 10.0 Å². The molecular formula is C10H12BrN3S2. The molecule has 0 fully saturated rings. The molecular weight excluding hydrogens is 306 g/mol. The summed E-state index contributed by atoms with van der Waals surface area (Å²) in [7, 11) is 0. The molecule has 0 bridgehead atoms. The number of aromatic nitrogens is 2. The molecule has 0 saturated heterocycles. The number of halogens is 1. The fourth-order valence-corrected chi connectivity index (χ4v) is 3.25. The van der Waals surface area contributed by atoms with Crippen LogP contribution in [0.2, 0.25) is 0 Å². The van der Waals surface area contributed by atoms with Gasteiger partial charge in [0.05, 0.1) is 3.79 Å². The van der Waals surface area contributed by atoms with Crippen LogP contribution in [-0.2, 0) is 6.54 Å². The van der Waals surface area contributed by atoms with E-state index in [-0.39, 0.29) is 0 Å². The molecule has 0 radical (unpaired) electrons. The van der Waals surface area contributed by atoms with Crippen molar-refractivity contribution in [2.75, 3.05) is 6.54 Å². The van der Waals surface area contributed by atoms with Gasteiger partial charge in [-0.2, -0.15) is 0 Å². The van der Waals surface area contributed by atoms with Gasteiger partial charge in [-0.25, -0.2) is 0 Å². The van der Waals surface area contributed by atoms with Gasteiger partial charge in [-0.05, 0) is 35.0 Å². The van der Waals surface area contributed by atoms with Crippen molar-refractivity contribution in [1.82, 2.24) is 15.5 Å². The second-order valence-electron chi connectivity index (χ2n) is 3.32. The third kappa shape index (κ3) is 3.10. The van der Waals surface area contributed by atoms with Gasteiger partial charge in [0.2, 0.25) is 0 Å². The highest BCUT2D eigenvalue weighted by molar-refractivity contribution is 9.11. The van der Waals surface area contributed by atoms with Crippen molar-refractivity contribution in [2.45, 2.75) is 19.9 Å². The van der Waals surface area contributed by atoms with Crippen LogP contribution in [0, 0.1) is 0 Å². The number of nitrogens with one attached hydrogen (secondary N) is 1. The first-order valence-electron chi connectivity index (χ1n) is 5.07. The van der Waals surface area contributed by atoms with E-state index < -0.39 is 0 Å². The van der Waals surface area contributed by atoms with E-state index in [1.807, 2.05) is 0 Å². The maximum absolute atomic E-state index is 4.19. The fraction of sp³-hybridized carbons (Fsp3) is 0.400. The summed E-state index contributed by atoms with van der Waals surface area (Å²) >= 11 is 6.77. The van der Waals surface area contributed by atoms with Crippen LogP contribution in [0.25, 0.3) is 10.6 Å². The molecule has 2 aromatic heterocycles. The molecule has 0 aliphatic rings. The Morgan fingerprint density at radius 2 is 2.31 bits per heavy atom. The van der Waals surface area contributed by atoms with E-state index >= 15 is 0 Å². The second kappa shape index (κ2) is 5.86. The van der Waals surface area contributed by atoms with Crippen LogP contribution in [0.1, 0.15) is 18.4 Å². The Bertz CT molecular complexity index is 452. The molecule has 86 valence electrons. The fourth-order valence-electron chi connectivity index (χ4n) is 1.24. The maximum atomic E-state index is 4.19. The topological polar surface area (TPSA) is 37.8 Å². The molecule has 0 aliphatic carbocycles. The highest BCUT2D eigenvalue weighted by Gasteiger charge is 2.07. The van der Waals surface area contributed by atoms with Gasteiger partial charge in [0, 0.05) is 17.5 Å². The zero-order valence-corrected chi connectivity index (χ0v) is 12.1. The molecule has 16 heavy (non-hydrogen) atoms. The third-order valence-corrected chi connectivity index (χ3v) is 4.46. The van der Waals surface area contributed by atoms with Gasteiger partial charge in [-0.1, -0.05) is 18.3 Å². The molecule has 0 aromatic carbocycles. The summed E-state index contributed by atoms with van der Waals surface area (Å²) in [5, 5.41) is 15.8. The molecule has 0 saturated carbocycles. The van der Waals surface area contributed by atoms with E-state index in [9.17, 15) is 0 Å². The average Bonchev–Trinajstić information content (AvgIpc) is 2.87. The molecule has 0 aliphatic heterocycles. The van der Waals surface area contributed by atoms with Crippen LogP contribution < -0.4 is 5.32 Å². The van der Waals surface area contributed by atoms with Gasteiger partial charge in [-0.3, -0.25) is 0 Å². The largest absolute Gasteiger partial charge is 0.310 e. The first kappa shape index (κ1) is 12.2. The molecule has 0 atom stereocenters. The monoisotopic (exact) mass is 317 g/mol. The number of nitrogens with zero attached hydrogens (tertiary/aromatic N) is 2. The van der Waals surface area contributed by atoms with Crippen molar-refractivity contribution in [3.8, 4) is 10.6 Å². The molecule has 2 aromatic rings. The smallest absolute Gasteiger partial charge is 0.148 e. The minimum atomic E-state index is 0.816. The van der Waals surface area contributed by atoms with Crippen molar-refractivity contribution in [3.63, 3.8) is 0 Å². The first-order valence-corrected chi connectivity index (χ1v) is 7.56. The zero-order valence-electron chi connectivity index (χ0n) is 8.86. The Hall–Kier alpha value is -0.300. The lowest BCUT2D eigenvalue weighted by Crippen LogP contribution is -2.13. The molecule has 3 nitrogen and oxygen atoms in total. The van der Waals surface area contributed by atoms with Gasteiger partial charge in [0.15, 0.2) is 0 Å². The standard InChI is InChI=1S/C10H12BrN3S2/c1-2-3-12-5-9-13-14-10(16-9)7-4-8(11)15-6-7/h4,6,12H,2-3,5H2,1H3. The summed E-state index contributed by atoms with van der Waals surface area (Å²) in [5.41, 5.74) is 1.15. The van der Waals surface area contributed by atoms with E-state index in [4.69, 9.17) is 0 Å². The van der Waals surface area contributed by atoms with E-state index in [1.165, 1.54) is 0 Å². The maximum Gasteiger partial charge on any atom is 0.148 e. The normalized spacial score (nSPS) is 10.9. The molecule has 0 unspecified atom stereocenters. The number of hydrogen-bond donors (Lipinski definition) is 1. The van der Waals surface area contributed by atoms with E-state index in [0.29, 0.717) is 0 Å². The Balaban J connectivity index is 2.02. The minimum absolute atomic E-state index is 0.816. The van der Waals surface area contributed by atoms with Crippen LogP contribution >= 0.6 is 38.6 Å². The van der Waals surface area contributed by atoms with Gasteiger partial charge in [0.25, 0.3) is 0 Å². The molecule has 0 spiro atoms. The summed E-state index contributed by atoms with van der Waals surface area (Å²) in [4.78, 5) is 0. The van der Waals surface area contributed by atoms with Crippen molar-refractivity contribution < 1.29 is 0 Å². The van der Waals surface area contributed by atoms with Crippen molar-refractivity contribution in [3.05, 3.63) is 20.2 Å². The average molecular weight is 318 g/mol. The molecule has 0 amide bonds. The van der Waals surface area contributed by atoms with Crippen LogP contribution in [0.15, 0.2) is 15.2 Å². The molecule has 2 rings (SSSR count). The van der Waals surface area contributed by atoms with Gasteiger partial charge >= 0.3 is 0 Å². The van der Waals surface area contributed by atoms with Gasteiger partial charge in [-0.15, -0.1) is 21.5 Å². The number of rotatable bonds is 5. The SMILES string of the molecule is CCCNCc1nnc(-c2csc(Br)c2)s1. The first-order chi connectivity index (χ1) is 7.79.